The first-order valence-electron chi connectivity index (χ1n) is 5.77. The zero-order chi connectivity index (χ0) is 14.3. The lowest BCUT2D eigenvalue weighted by molar-refractivity contribution is -0.400. The van der Waals surface area contributed by atoms with Crippen LogP contribution in [0.25, 0.3) is 6.08 Å². The van der Waals surface area contributed by atoms with E-state index >= 15 is 0 Å². The van der Waals surface area contributed by atoms with Gasteiger partial charge in [0.05, 0.1) is 12.0 Å². The minimum atomic E-state index is -0.554. The summed E-state index contributed by atoms with van der Waals surface area (Å²) in [5, 5.41) is 10.2. The van der Waals surface area contributed by atoms with Gasteiger partial charge >= 0.3 is 5.97 Å². The van der Waals surface area contributed by atoms with Crippen LogP contribution >= 0.6 is 0 Å². The first kappa shape index (κ1) is 14.7. The Kier molecular flexibility index (Phi) is 5.53. The lowest BCUT2D eigenvalue weighted by atomic mass is 10.2. The molecule has 1 aromatic carbocycles. The molecular weight excluding hydrogens is 250 g/mol. The Labute approximate surface area is 110 Å². The van der Waals surface area contributed by atoms with Crippen molar-refractivity contribution in [3.8, 4) is 11.5 Å². The summed E-state index contributed by atoms with van der Waals surface area (Å²) in [5.41, 5.74) is 0.587. The average molecular weight is 265 g/mol. The number of hydrogen-bond donors (Lipinski definition) is 0. The van der Waals surface area contributed by atoms with Crippen LogP contribution < -0.4 is 9.47 Å². The first-order valence-corrected chi connectivity index (χ1v) is 5.77. The van der Waals surface area contributed by atoms with Crippen molar-refractivity contribution < 1.29 is 19.2 Å². The summed E-state index contributed by atoms with van der Waals surface area (Å²) >= 11 is 0. The number of nitrogens with zero attached hydrogens (tertiary/aromatic N) is 1. The van der Waals surface area contributed by atoms with E-state index in [1.54, 1.807) is 18.2 Å². The van der Waals surface area contributed by atoms with Gasteiger partial charge < -0.3 is 9.47 Å². The first-order chi connectivity index (χ1) is 9.06. The van der Waals surface area contributed by atoms with Crippen molar-refractivity contribution in [1.29, 1.82) is 0 Å². The number of hydrogen-bond acceptors (Lipinski definition) is 5. The number of benzene rings is 1. The Morgan fingerprint density at radius 2 is 2.16 bits per heavy atom. The van der Waals surface area contributed by atoms with Crippen molar-refractivity contribution in [3.63, 3.8) is 0 Å². The van der Waals surface area contributed by atoms with E-state index in [0.717, 1.165) is 6.20 Å². The Hall–Kier alpha value is -2.37. The van der Waals surface area contributed by atoms with Gasteiger partial charge in [-0.2, -0.15) is 0 Å². The second-order valence-electron chi connectivity index (χ2n) is 3.74. The van der Waals surface area contributed by atoms with Gasteiger partial charge in [-0.3, -0.25) is 14.9 Å². The van der Waals surface area contributed by atoms with Crippen LogP contribution in [-0.2, 0) is 4.79 Å². The molecule has 0 heterocycles. The van der Waals surface area contributed by atoms with Gasteiger partial charge in [0.25, 0.3) is 0 Å². The van der Waals surface area contributed by atoms with Crippen LogP contribution in [0.2, 0.25) is 0 Å². The SMILES string of the molecule is CCCC(=O)Oc1ccc(C=C[N+](=O)[O-])cc1OC. The predicted molar refractivity (Wildman–Crippen MR) is 69.6 cm³/mol. The van der Waals surface area contributed by atoms with Crippen molar-refractivity contribution in [2.75, 3.05) is 7.11 Å². The molecule has 102 valence electrons. The maximum Gasteiger partial charge on any atom is 0.311 e. The normalized spacial score (nSPS) is 10.4. The van der Waals surface area contributed by atoms with Gasteiger partial charge in [-0.05, 0) is 24.1 Å². The molecule has 6 heteroatoms. The fourth-order valence-corrected chi connectivity index (χ4v) is 1.40. The number of ether oxygens (including phenoxy) is 2. The van der Waals surface area contributed by atoms with E-state index in [0.29, 0.717) is 29.9 Å². The van der Waals surface area contributed by atoms with E-state index in [1.165, 1.54) is 13.2 Å². The number of esters is 1. The minimum Gasteiger partial charge on any atom is -0.493 e. The molecule has 0 atom stereocenters. The molecule has 0 saturated carbocycles. The molecule has 0 amide bonds. The molecule has 0 spiro atoms. The van der Waals surface area contributed by atoms with Crippen LogP contribution in [-0.4, -0.2) is 18.0 Å². The molecule has 0 aliphatic rings. The van der Waals surface area contributed by atoms with Gasteiger partial charge in [0.2, 0.25) is 6.20 Å². The van der Waals surface area contributed by atoms with E-state index in [2.05, 4.69) is 0 Å². The fourth-order valence-electron chi connectivity index (χ4n) is 1.40. The van der Waals surface area contributed by atoms with Gasteiger partial charge in [0.15, 0.2) is 11.5 Å². The van der Waals surface area contributed by atoms with Crippen LogP contribution in [0.3, 0.4) is 0 Å². The molecule has 1 rings (SSSR count). The second-order valence-corrected chi connectivity index (χ2v) is 3.74. The van der Waals surface area contributed by atoms with E-state index in [9.17, 15) is 14.9 Å². The number of methoxy groups -OCH3 is 1. The Bertz CT molecular complexity index is 496. The summed E-state index contributed by atoms with van der Waals surface area (Å²) in [6, 6.07) is 4.72. The highest BCUT2D eigenvalue weighted by atomic mass is 16.6. The Morgan fingerprint density at radius 1 is 1.42 bits per heavy atom. The van der Waals surface area contributed by atoms with Crippen molar-refractivity contribution in [1.82, 2.24) is 0 Å². The Balaban J connectivity index is 2.90. The largest absolute Gasteiger partial charge is 0.493 e. The molecule has 0 unspecified atom stereocenters. The zero-order valence-electron chi connectivity index (χ0n) is 10.8. The third-order valence-electron chi connectivity index (χ3n) is 2.25. The number of carbonyl (C=O) groups is 1. The topological polar surface area (TPSA) is 78.7 Å². The molecule has 0 aliphatic carbocycles. The highest BCUT2D eigenvalue weighted by Gasteiger charge is 2.09. The molecule has 0 saturated heterocycles. The minimum absolute atomic E-state index is 0.305. The summed E-state index contributed by atoms with van der Waals surface area (Å²) in [4.78, 5) is 21.1. The van der Waals surface area contributed by atoms with E-state index in [4.69, 9.17) is 9.47 Å². The standard InChI is InChI=1S/C13H15NO5/c1-3-4-13(15)19-11-6-5-10(7-8-14(16)17)9-12(11)18-2/h5-9H,3-4H2,1-2H3. The zero-order valence-corrected chi connectivity index (χ0v) is 10.8. The summed E-state index contributed by atoms with van der Waals surface area (Å²) in [6.07, 6.45) is 3.19. The van der Waals surface area contributed by atoms with Crippen LogP contribution in [0, 0.1) is 10.1 Å². The number of nitro groups is 1. The van der Waals surface area contributed by atoms with Gasteiger partial charge in [-0.15, -0.1) is 0 Å². The van der Waals surface area contributed by atoms with Crippen LogP contribution in [0.15, 0.2) is 24.4 Å². The molecule has 1 aromatic rings. The average Bonchev–Trinajstić information content (AvgIpc) is 2.37. The smallest absolute Gasteiger partial charge is 0.311 e. The van der Waals surface area contributed by atoms with Gasteiger partial charge in [-0.1, -0.05) is 13.0 Å². The summed E-state index contributed by atoms with van der Waals surface area (Å²) in [5.74, 6) is 0.323. The maximum atomic E-state index is 11.4. The van der Waals surface area contributed by atoms with E-state index < -0.39 is 4.92 Å². The van der Waals surface area contributed by atoms with Crippen molar-refractivity contribution in [2.45, 2.75) is 19.8 Å². The highest BCUT2D eigenvalue weighted by Crippen LogP contribution is 2.29. The third kappa shape index (κ3) is 4.79. The molecule has 0 aromatic heterocycles. The second kappa shape index (κ2) is 7.15. The lowest BCUT2D eigenvalue weighted by Crippen LogP contribution is -2.07. The predicted octanol–water partition coefficient (Wildman–Crippen LogP) is 2.65. The molecule has 0 fully saturated rings. The van der Waals surface area contributed by atoms with Crippen LogP contribution in [0.1, 0.15) is 25.3 Å². The quantitative estimate of drug-likeness (QED) is 0.342. The summed E-state index contributed by atoms with van der Waals surface area (Å²) < 4.78 is 10.2. The van der Waals surface area contributed by atoms with Crippen molar-refractivity contribution in [2.24, 2.45) is 0 Å². The monoisotopic (exact) mass is 265 g/mol. The summed E-state index contributed by atoms with van der Waals surface area (Å²) in [6.45, 7) is 1.88. The van der Waals surface area contributed by atoms with Crippen molar-refractivity contribution in [3.05, 3.63) is 40.1 Å². The number of rotatable bonds is 6. The highest BCUT2D eigenvalue weighted by molar-refractivity contribution is 5.73. The molecule has 0 aliphatic heterocycles. The lowest BCUT2D eigenvalue weighted by Gasteiger charge is -2.09. The summed E-state index contributed by atoms with van der Waals surface area (Å²) in [7, 11) is 1.44. The molecule has 0 N–H and O–H groups in total. The molecule has 19 heavy (non-hydrogen) atoms. The van der Waals surface area contributed by atoms with E-state index in [-0.39, 0.29) is 5.97 Å². The Morgan fingerprint density at radius 3 is 2.74 bits per heavy atom. The molecule has 6 nitrogen and oxygen atoms in total. The third-order valence-corrected chi connectivity index (χ3v) is 2.25. The van der Waals surface area contributed by atoms with Crippen molar-refractivity contribution >= 4 is 12.0 Å². The molecule has 0 radical (unpaired) electrons. The maximum absolute atomic E-state index is 11.4. The van der Waals surface area contributed by atoms with Gasteiger partial charge in [0, 0.05) is 12.5 Å². The van der Waals surface area contributed by atoms with Crippen LogP contribution in [0.4, 0.5) is 0 Å². The van der Waals surface area contributed by atoms with E-state index in [1.807, 2.05) is 6.92 Å². The molecular formula is C13H15NO5. The van der Waals surface area contributed by atoms with Gasteiger partial charge in [-0.25, -0.2) is 0 Å². The van der Waals surface area contributed by atoms with Crippen LogP contribution in [0.5, 0.6) is 11.5 Å². The fraction of sp³-hybridized carbons (Fsp3) is 0.308. The number of carbonyl (C=O) groups excluding carboxylic acids is 1. The molecule has 0 bridgehead atoms. The van der Waals surface area contributed by atoms with Gasteiger partial charge in [0.1, 0.15) is 0 Å².